The highest BCUT2D eigenvalue weighted by Crippen LogP contribution is 2.45. The normalized spacial score (nSPS) is 21.2. The van der Waals surface area contributed by atoms with Crippen LogP contribution in [0.1, 0.15) is 63.4 Å². The van der Waals surface area contributed by atoms with E-state index in [1.165, 1.54) is 28.6 Å². The van der Waals surface area contributed by atoms with Crippen LogP contribution < -0.4 is 38.1 Å². The third kappa shape index (κ3) is 11.4. The number of nitrogens with one attached hydrogen (secondary N) is 1. The molecule has 9 N–H and O–H groups in total. The number of sulfonamides is 1. The summed E-state index contributed by atoms with van der Waals surface area (Å²) in [6, 6.07) is 8.17. The molecule has 5 rings (SSSR count). The van der Waals surface area contributed by atoms with E-state index in [1.54, 1.807) is 21.9 Å². The number of alkyl halides is 2. The van der Waals surface area contributed by atoms with Gasteiger partial charge < -0.3 is 42.5 Å². The molecular weight excluding hydrogens is 782 g/mol. The van der Waals surface area contributed by atoms with Crippen LogP contribution in [0.5, 0.6) is 0 Å². The smallest absolute Gasteiger partial charge is 0.276 e. The third-order valence-corrected chi connectivity index (χ3v) is 13.6. The quantitative estimate of drug-likeness (QED) is 0.102. The Balaban J connectivity index is 1.12. The van der Waals surface area contributed by atoms with Gasteiger partial charge in [0.2, 0.25) is 21.8 Å². The second kappa shape index (κ2) is 19.5. The number of hydrogen-bond donors (Lipinski definition) is 5. The van der Waals surface area contributed by atoms with Gasteiger partial charge in [-0.3, -0.25) is 14.4 Å². The van der Waals surface area contributed by atoms with E-state index in [4.69, 9.17) is 34.5 Å². The van der Waals surface area contributed by atoms with Crippen molar-refractivity contribution < 1.29 is 36.1 Å². The summed E-state index contributed by atoms with van der Waals surface area (Å²) in [5.74, 6) is -4.62. The van der Waals surface area contributed by atoms with E-state index in [0.717, 1.165) is 0 Å². The van der Waals surface area contributed by atoms with Gasteiger partial charge in [0.25, 0.3) is 11.8 Å². The maximum atomic E-state index is 16.1. The van der Waals surface area contributed by atoms with Gasteiger partial charge in [-0.25, -0.2) is 22.2 Å². The zero-order chi connectivity index (χ0) is 41.4. The Kier molecular flexibility index (Phi) is 15.2. The molecule has 3 fully saturated rings. The molecule has 1 aliphatic carbocycles. The van der Waals surface area contributed by atoms with Gasteiger partial charge >= 0.3 is 0 Å². The van der Waals surface area contributed by atoms with Gasteiger partial charge in [-0.2, -0.15) is 4.31 Å². The Hall–Kier alpha value is -3.52. The average molecular weight is 840 g/mol. The monoisotopic (exact) mass is 839 g/mol. The van der Waals surface area contributed by atoms with Crippen LogP contribution in [0.2, 0.25) is 5.15 Å². The first-order valence-corrected chi connectivity index (χ1v) is 21.7. The number of nitrogens with two attached hydrogens (primary N) is 4. The van der Waals surface area contributed by atoms with Crippen LogP contribution >= 0.6 is 11.6 Å². The minimum absolute atomic E-state index is 0.0831. The topological polar surface area (TPSA) is 224 Å². The van der Waals surface area contributed by atoms with Gasteiger partial charge in [0.15, 0.2) is 6.54 Å². The first-order chi connectivity index (χ1) is 27.1. The Morgan fingerprint density at radius 3 is 2.12 bits per heavy atom. The van der Waals surface area contributed by atoms with E-state index in [2.05, 4.69) is 10.3 Å². The number of nitrogens with zero attached hydrogens (tertiary/aromatic N) is 5. The fourth-order valence-electron chi connectivity index (χ4n) is 8.39. The van der Waals surface area contributed by atoms with Gasteiger partial charge in [-0.15, -0.1) is 0 Å². The van der Waals surface area contributed by atoms with Crippen molar-refractivity contribution in [1.29, 1.82) is 0 Å². The number of primary amides is 1. The molecule has 1 atom stereocenters. The van der Waals surface area contributed by atoms with E-state index in [-0.39, 0.29) is 104 Å². The SMILES string of the molecule is NCCC[N+](CCCN)(CCCC(=O)NC1CCC(C(F)(F)c2cc(Cl)nc(N3CCN(S(=O)(=O)c4ccc(N5C[C@H](N)CC5=O)cc4)CC3)c2)CC1)CC(N)=O. The maximum absolute atomic E-state index is 16.1. The summed E-state index contributed by atoms with van der Waals surface area (Å²) >= 11 is 6.31. The molecule has 0 spiro atoms. The largest absolute Gasteiger partial charge is 0.365 e. The molecule has 0 bridgehead atoms. The molecule has 2 saturated heterocycles. The molecule has 2 aliphatic heterocycles. The Labute approximate surface area is 339 Å². The first-order valence-electron chi connectivity index (χ1n) is 19.9. The predicted octanol–water partition coefficient (Wildman–Crippen LogP) is 1.86. The first kappa shape index (κ1) is 44.6. The number of halogens is 3. The van der Waals surface area contributed by atoms with Crippen LogP contribution in [0.3, 0.4) is 0 Å². The van der Waals surface area contributed by atoms with Crippen molar-refractivity contribution >= 4 is 50.9 Å². The molecule has 0 unspecified atom stereocenters. The summed E-state index contributed by atoms with van der Waals surface area (Å²) in [5, 5.41) is 2.94. The molecule has 0 radical (unpaired) electrons. The molecule has 316 valence electrons. The highest BCUT2D eigenvalue weighted by molar-refractivity contribution is 7.89. The molecule has 19 heteroatoms. The molecule has 3 heterocycles. The number of quaternary nitrogens is 1. The lowest BCUT2D eigenvalue weighted by atomic mass is 9.80. The van der Waals surface area contributed by atoms with E-state index in [0.29, 0.717) is 81.5 Å². The minimum atomic E-state index is -3.86. The molecule has 3 amide bonds. The number of carbonyl (C=O) groups excluding carboxylic acids is 3. The third-order valence-electron chi connectivity index (χ3n) is 11.5. The van der Waals surface area contributed by atoms with Crippen molar-refractivity contribution in [2.45, 2.75) is 80.7 Å². The van der Waals surface area contributed by atoms with Gasteiger partial charge in [-0.05, 0) is 75.2 Å². The van der Waals surface area contributed by atoms with Crippen molar-refractivity contribution in [3.63, 3.8) is 0 Å². The molecule has 2 aromatic rings. The van der Waals surface area contributed by atoms with E-state index >= 15 is 8.78 Å². The van der Waals surface area contributed by atoms with Gasteiger partial charge in [0, 0.05) is 94.1 Å². The highest BCUT2D eigenvalue weighted by atomic mass is 35.5. The lowest BCUT2D eigenvalue weighted by Crippen LogP contribution is -2.55. The second-order valence-electron chi connectivity index (χ2n) is 15.7. The summed E-state index contributed by atoms with van der Waals surface area (Å²) in [4.78, 5) is 44.7. The van der Waals surface area contributed by atoms with Crippen LogP contribution in [0.25, 0.3) is 0 Å². The van der Waals surface area contributed by atoms with Gasteiger partial charge in [0.1, 0.15) is 11.0 Å². The number of piperazine rings is 1. The van der Waals surface area contributed by atoms with E-state index in [9.17, 15) is 22.8 Å². The van der Waals surface area contributed by atoms with Crippen molar-refractivity contribution in [2.24, 2.45) is 28.9 Å². The fourth-order valence-corrected chi connectivity index (χ4v) is 10.0. The number of rotatable bonds is 19. The summed E-state index contributed by atoms with van der Waals surface area (Å²) in [6.45, 7) is 4.04. The summed E-state index contributed by atoms with van der Waals surface area (Å²) < 4.78 is 61.0. The molecular formula is C38H58ClF2N10O5S+. The van der Waals surface area contributed by atoms with Gasteiger partial charge in [0.05, 0.1) is 24.5 Å². The number of pyridine rings is 1. The summed E-state index contributed by atoms with van der Waals surface area (Å²) in [5.41, 5.74) is 23.3. The van der Waals surface area contributed by atoms with E-state index in [1.807, 2.05) is 0 Å². The van der Waals surface area contributed by atoms with Crippen LogP contribution in [0.15, 0.2) is 41.3 Å². The van der Waals surface area contributed by atoms with E-state index < -0.39 is 27.8 Å². The highest BCUT2D eigenvalue weighted by Gasteiger charge is 2.44. The lowest BCUT2D eigenvalue weighted by molar-refractivity contribution is -0.921. The molecule has 15 nitrogen and oxygen atoms in total. The number of aromatic nitrogens is 1. The fraction of sp³-hybridized carbons (Fsp3) is 0.632. The lowest BCUT2D eigenvalue weighted by Gasteiger charge is -2.38. The second-order valence-corrected chi connectivity index (χ2v) is 18.0. The average Bonchev–Trinajstić information content (AvgIpc) is 3.53. The van der Waals surface area contributed by atoms with Gasteiger partial charge in [-0.1, -0.05) is 11.6 Å². The number of anilines is 2. The molecule has 57 heavy (non-hydrogen) atoms. The summed E-state index contributed by atoms with van der Waals surface area (Å²) in [6.07, 6.45) is 3.64. The van der Waals surface area contributed by atoms with Crippen LogP contribution in [-0.2, 0) is 30.3 Å². The zero-order valence-electron chi connectivity index (χ0n) is 32.5. The van der Waals surface area contributed by atoms with Crippen LogP contribution in [-0.4, -0.2) is 124 Å². The zero-order valence-corrected chi connectivity index (χ0v) is 34.0. The summed E-state index contributed by atoms with van der Waals surface area (Å²) in [7, 11) is -3.86. The number of carbonyl (C=O) groups is 3. The molecule has 1 saturated carbocycles. The minimum Gasteiger partial charge on any atom is -0.365 e. The van der Waals surface area contributed by atoms with Crippen LogP contribution in [0.4, 0.5) is 20.3 Å². The van der Waals surface area contributed by atoms with Crippen molar-refractivity contribution in [3.8, 4) is 0 Å². The predicted molar refractivity (Wildman–Crippen MR) is 215 cm³/mol. The van der Waals surface area contributed by atoms with Crippen LogP contribution in [0, 0.1) is 5.92 Å². The molecule has 3 aliphatic rings. The Bertz CT molecular complexity index is 1800. The Morgan fingerprint density at radius 2 is 1.56 bits per heavy atom. The van der Waals surface area contributed by atoms with Crippen molar-refractivity contribution in [2.75, 3.05) is 81.8 Å². The molecule has 1 aromatic heterocycles. The number of hydrogen-bond acceptors (Lipinski definition) is 10. The maximum Gasteiger partial charge on any atom is 0.276 e. The Morgan fingerprint density at radius 1 is 0.947 bits per heavy atom. The number of amides is 3. The molecule has 1 aromatic carbocycles. The number of benzene rings is 1. The standard InChI is InChI=1S/C38H57ClF2N10O5S/c39-33-22-28(23-35(47-33)48-15-17-49(18-16-48)57(55,56)32-11-9-31(10-12-32)50-25-29(44)24-37(50)54)38(40,41)27-5-7-30(8-6-27)46-36(53)4-1-19-51(20-2-13-42,21-3-14-43)26-34(45)52/h9-12,22-23,27,29-30H,1-8,13-21,24-26,42-44H2,(H2-,45,46,52,53)/p+1/t27?,29-,30?/m1/s1. The van der Waals surface area contributed by atoms with Crippen molar-refractivity contribution in [3.05, 3.63) is 47.1 Å². The van der Waals surface area contributed by atoms with Crippen molar-refractivity contribution in [1.82, 2.24) is 14.6 Å².